The Morgan fingerprint density at radius 2 is 2.11 bits per heavy atom. The number of hydrogen-bond acceptors (Lipinski definition) is 2. The molecule has 0 unspecified atom stereocenters. The lowest BCUT2D eigenvalue weighted by Gasteiger charge is -2.04. The van der Waals surface area contributed by atoms with Crippen molar-refractivity contribution in [2.45, 2.75) is 32.9 Å². The molecular formula is C16H24N2O. The van der Waals surface area contributed by atoms with Crippen molar-refractivity contribution in [3.05, 3.63) is 36.0 Å². The predicted octanol–water partition coefficient (Wildman–Crippen LogP) is 3.18. The Morgan fingerprint density at radius 1 is 1.26 bits per heavy atom. The van der Waals surface area contributed by atoms with Crippen molar-refractivity contribution in [1.82, 2.24) is 9.88 Å². The second kappa shape index (κ2) is 7.31. The topological polar surface area (TPSA) is 26.2 Å². The highest BCUT2D eigenvalue weighted by Crippen LogP contribution is 2.21. The van der Waals surface area contributed by atoms with Crippen LogP contribution in [0.5, 0.6) is 0 Å². The monoisotopic (exact) mass is 260 g/mol. The van der Waals surface area contributed by atoms with Gasteiger partial charge in [0.2, 0.25) is 0 Å². The van der Waals surface area contributed by atoms with Crippen molar-refractivity contribution >= 4 is 10.9 Å². The molecule has 0 atom stereocenters. The summed E-state index contributed by atoms with van der Waals surface area (Å²) in [5, 5.41) is 4.85. The Balaban J connectivity index is 2.16. The van der Waals surface area contributed by atoms with Gasteiger partial charge in [0.25, 0.3) is 0 Å². The number of hydrogen-bond donors (Lipinski definition) is 1. The number of para-hydroxylation sites is 1. The fourth-order valence-electron chi connectivity index (χ4n) is 2.43. The minimum atomic E-state index is 0.815. The maximum Gasteiger partial charge on any atom is 0.0483 e. The van der Waals surface area contributed by atoms with Crippen molar-refractivity contribution in [3.63, 3.8) is 0 Å². The van der Waals surface area contributed by atoms with Crippen LogP contribution in [-0.4, -0.2) is 24.8 Å². The first-order valence-electron chi connectivity index (χ1n) is 7.13. The molecule has 3 heteroatoms. The lowest BCUT2D eigenvalue weighted by molar-refractivity contribution is 0.190. The molecule has 0 saturated heterocycles. The molecule has 104 valence electrons. The number of aromatic nitrogens is 1. The number of fused-ring (bicyclic) bond motifs is 1. The van der Waals surface area contributed by atoms with E-state index in [0.29, 0.717) is 0 Å². The molecule has 0 spiro atoms. The third-order valence-corrected chi connectivity index (χ3v) is 3.36. The van der Waals surface area contributed by atoms with E-state index in [-0.39, 0.29) is 0 Å². The van der Waals surface area contributed by atoms with Gasteiger partial charge in [-0.05, 0) is 31.0 Å². The highest BCUT2D eigenvalue weighted by molar-refractivity contribution is 5.83. The predicted molar refractivity (Wildman–Crippen MR) is 80.4 cm³/mol. The molecule has 0 saturated carbocycles. The number of nitrogens with one attached hydrogen (secondary N) is 1. The summed E-state index contributed by atoms with van der Waals surface area (Å²) in [5.41, 5.74) is 2.72. The zero-order chi connectivity index (χ0) is 13.5. The Hall–Kier alpha value is -1.32. The first kappa shape index (κ1) is 14.1. The molecule has 0 aliphatic carbocycles. The van der Waals surface area contributed by atoms with Gasteiger partial charge in [0.15, 0.2) is 0 Å². The zero-order valence-corrected chi connectivity index (χ0v) is 12.0. The molecule has 1 heterocycles. The van der Waals surface area contributed by atoms with Gasteiger partial charge in [0.05, 0.1) is 0 Å². The van der Waals surface area contributed by atoms with E-state index in [1.54, 1.807) is 7.11 Å². The van der Waals surface area contributed by atoms with Crippen LogP contribution >= 0.6 is 0 Å². The number of nitrogens with zero attached hydrogens (tertiary/aromatic N) is 1. The van der Waals surface area contributed by atoms with Crippen LogP contribution in [0.15, 0.2) is 30.5 Å². The van der Waals surface area contributed by atoms with Crippen molar-refractivity contribution in [3.8, 4) is 0 Å². The van der Waals surface area contributed by atoms with E-state index in [2.05, 4.69) is 47.3 Å². The third-order valence-electron chi connectivity index (χ3n) is 3.36. The van der Waals surface area contributed by atoms with Crippen molar-refractivity contribution < 1.29 is 4.74 Å². The molecule has 0 amide bonds. The van der Waals surface area contributed by atoms with Crippen molar-refractivity contribution in [1.29, 1.82) is 0 Å². The van der Waals surface area contributed by atoms with E-state index < -0.39 is 0 Å². The van der Waals surface area contributed by atoms with Crippen LogP contribution in [0.1, 0.15) is 25.3 Å². The Labute approximate surface area is 115 Å². The Morgan fingerprint density at radius 3 is 2.89 bits per heavy atom. The van der Waals surface area contributed by atoms with Gasteiger partial charge in [-0.15, -0.1) is 0 Å². The molecule has 1 aromatic carbocycles. The average molecular weight is 260 g/mol. The number of aryl methyl sites for hydroxylation is 1. The smallest absolute Gasteiger partial charge is 0.0483 e. The summed E-state index contributed by atoms with van der Waals surface area (Å²) in [6, 6.07) is 8.64. The molecule has 2 aromatic rings. The fraction of sp³-hybridized carbons (Fsp3) is 0.500. The highest BCUT2D eigenvalue weighted by Gasteiger charge is 2.07. The molecule has 0 bridgehead atoms. The summed E-state index contributed by atoms with van der Waals surface area (Å²) >= 11 is 0. The van der Waals surface area contributed by atoms with Gasteiger partial charge < -0.3 is 14.6 Å². The quantitative estimate of drug-likeness (QED) is 0.738. The van der Waals surface area contributed by atoms with Gasteiger partial charge in [-0.1, -0.05) is 25.1 Å². The van der Waals surface area contributed by atoms with E-state index in [0.717, 1.165) is 32.7 Å². The maximum absolute atomic E-state index is 5.14. The van der Waals surface area contributed by atoms with Crippen molar-refractivity contribution in [2.24, 2.45) is 0 Å². The Kier molecular flexibility index (Phi) is 5.43. The van der Waals surface area contributed by atoms with Crippen LogP contribution in [-0.2, 0) is 17.8 Å². The van der Waals surface area contributed by atoms with Crippen LogP contribution in [0.3, 0.4) is 0 Å². The lowest BCUT2D eigenvalue weighted by Crippen LogP contribution is -2.13. The van der Waals surface area contributed by atoms with Crippen LogP contribution in [0.2, 0.25) is 0 Å². The van der Waals surface area contributed by atoms with Crippen LogP contribution < -0.4 is 5.32 Å². The van der Waals surface area contributed by atoms with Gasteiger partial charge in [-0.3, -0.25) is 0 Å². The fourth-order valence-corrected chi connectivity index (χ4v) is 2.43. The SMILES string of the molecule is CCCNCc1cn(CCCOC)c2ccccc12. The minimum absolute atomic E-state index is 0.815. The summed E-state index contributed by atoms with van der Waals surface area (Å²) in [7, 11) is 1.76. The van der Waals surface area contributed by atoms with E-state index in [1.807, 2.05) is 0 Å². The zero-order valence-electron chi connectivity index (χ0n) is 12.0. The molecule has 1 aromatic heterocycles. The van der Waals surface area contributed by atoms with Gasteiger partial charge >= 0.3 is 0 Å². The van der Waals surface area contributed by atoms with Crippen LogP contribution in [0.4, 0.5) is 0 Å². The van der Waals surface area contributed by atoms with E-state index in [9.17, 15) is 0 Å². The third kappa shape index (κ3) is 3.58. The van der Waals surface area contributed by atoms with E-state index in [1.165, 1.54) is 22.9 Å². The maximum atomic E-state index is 5.14. The van der Waals surface area contributed by atoms with Gasteiger partial charge in [0.1, 0.15) is 0 Å². The van der Waals surface area contributed by atoms with Crippen LogP contribution in [0, 0.1) is 0 Å². The molecular weight excluding hydrogens is 236 g/mol. The van der Waals surface area contributed by atoms with Crippen molar-refractivity contribution in [2.75, 3.05) is 20.3 Å². The normalized spacial score (nSPS) is 11.3. The van der Waals surface area contributed by atoms with Gasteiger partial charge in [-0.25, -0.2) is 0 Å². The molecule has 1 N–H and O–H groups in total. The molecule has 0 fully saturated rings. The summed E-state index contributed by atoms with van der Waals surface area (Å²) in [4.78, 5) is 0. The molecule has 0 aliphatic rings. The van der Waals surface area contributed by atoms with E-state index in [4.69, 9.17) is 4.74 Å². The first-order valence-corrected chi connectivity index (χ1v) is 7.13. The number of ether oxygens (including phenoxy) is 1. The van der Waals surface area contributed by atoms with Gasteiger partial charge in [0, 0.05) is 43.9 Å². The number of rotatable bonds is 8. The van der Waals surface area contributed by atoms with Gasteiger partial charge in [-0.2, -0.15) is 0 Å². The minimum Gasteiger partial charge on any atom is -0.385 e. The molecule has 0 radical (unpaired) electrons. The largest absolute Gasteiger partial charge is 0.385 e. The second-order valence-corrected chi connectivity index (χ2v) is 4.89. The summed E-state index contributed by atoms with van der Waals surface area (Å²) in [6.07, 6.45) is 4.51. The average Bonchev–Trinajstić information content (AvgIpc) is 2.79. The lowest BCUT2D eigenvalue weighted by atomic mass is 10.2. The number of benzene rings is 1. The second-order valence-electron chi connectivity index (χ2n) is 4.89. The number of methoxy groups -OCH3 is 1. The van der Waals surface area contributed by atoms with Crippen LogP contribution in [0.25, 0.3) is 10.9 Å². The highest BCUT2D eigenvalue weighted by atomic mass is 16.5. The standard InChI is InChI=1S/C16H24N2O/c1-3-9-17-12-14-13-18(10-6-11-19-2)16-8-5-4-7-15(14)16/h4-5,7-8,13,17H,3,6,9-12H2,1-2H3. The summed E-state index contributed by atoms with van der Waals surface area (Å²) in [5.74, 6) is 0. The molecule has 19 heavy (non-hydrogen) atoms. The molecule has 2 rings (SSSR count). The Bertz CT molecular complexity index is 460. The van der Waals surface area contributed by atoms with E-state index >= 15 is 0 Å². The summed E-state index contributed by atoms with van der Waals surface area (Å²) < 4.78 is 7.48. The molecule has 3 nitrogen and oxygen atoms in total. The first-order chi connectivity index (χ1) is 9.36. The summed E-state index contributed by atoms with van der Waals surface area (Å²) in [6.45, 7) is 6.05. The molecule has 0 aliphatic heterocycles.